The van der Waals surface area contributed by atoms with Gasteiger partial charge in [-0.05, 0) is 12.8 Å². The highest BCUT2D eigenvalue weighted by atomic mass is 19.4. The number of halogens is 14. The standard InChI is InChI=1S/C14H14F14N2O2/c15-9(16,11(19,20)13(23,24)25)7(31)29-5-3-1-2-4-6-30-8(32)10(17,18)12(21,22)14(26,27)28/h1-6H2,(H,29,31)(H,30,32). The van der Waals surface area contributed by atoms with Crippen molar-refractivity contribution in [1.82, 2.24) is 10.6 Å². The van der Waals surface area contributed by atoms with E-state index in [1.807, 2.05) is 0 Å². The first-order chi connectivity index (χ1) is 14.0. The van der Waals surface area contributed by atoms with Gasteiger partial charge >= 0.3 is 36.0 Å². The van der Waals surface area contributed by atoms with Crippen LogP contribution in [-0.2, 0) is 9.59 Å². The van der Waals surface area contributed by atoms with Crippen LogP contribution in [0, 0.1) is 0 Å². The molecule has 0 saturated heterocycles. The minimum atomic E-state index is -6.71. The summed E-state index contributed by atoms with van der Waals surface area (Å²) in [5, 5.41) is 2.27. The van der Waals surface area contributed by atoms with Crippen molar-refractivity contribution in [2.75, 3.05) is 13.1 Å². The molecule has 0 aromatic carbocycles. The number of hydrogen-bond donors (Lipinski definition) is 2. The number of unbranched alkanes of at least 4 members (excludes halogenated alkanes) is 3. The minimum Gasteiger partial charge on any atom is -0.351 e. The van der Waals surface area contributed by atoms with E-state index in [0.29, 0.717) is 0 Å². The van der Waals surface area contributed by atoms with Crippen molar-refractivity contribution in [1.29, 1.82) is 0 Å². The molecule has 0 aliphatic heterocycles. The van der Waals surface area contributed by atoms with E-state index in [0.717, 1.165) is 10.6 Å². The molecule has 0 rings (SSSR count). The normalized spacial score (nSPS) is 14.3. The maximum atomic E-state index is 13.0. The van der Waals surface area contributed by atoms with Crippen molar-refractivity contribution < 1.29 is 71.1 Å². The van der Waals surface area contributed by atoms with Crippen molar-refractivity contribution in [2.24, 2.45) is 0 Å². The third-order valence-electron chi connectivity index (χ3n) is 3.75. The van der Waals surface area contributed by atoms with Crippen LogP contribution in [0.1, 0.15) is 25.7 Å². The lowest BCUT2D eigenvalue weighted by atomic mass is 10.1. The van der Waals surface area contributed by atoms with Crippen LogP contribution in [0.2, 0.25) is 0 Å². The van der Waals surface area contributed by atoms with E-state index < -0.39 is 60.9 Å². The van der Waals surface area contributed by atoms with E-state index in [-0.39, 0.29) is 25.7 Å². The zero-order valence-corrected chi connectivity index (χ0v) is 15.4. The van der Waals surface area contributed by atoms with Gasteiger partial charge in [0.05, 0.1) is 0 Å². The Morgan fingerprint density at radius 3 is 0.938 bits per heavy atom. The molecule has 0 aliphatic rings. The van der Waals surface area contributed by atoms with Crippen molar-refractivity contribution in [2.45, 2.75) is 61.7 Å². The molecule has 0 bridgehead atoms. The molecule has 0 atom stereocenters. The smallest absolute Gasteiger partial charge is 0.351 e. The summed E-state index contributed by atoms with van der Waals surface area (Å²) in [6.07, 6.45) is -14.3. The Labute approximate surface area is 169 Å². The molecule has 2 N–H and O–H groups in total. The van der Waals surface area contributed by atoms with Gasteiger partial charge in [-0.1, -0.05) is 12.8 Å². The van der Waals surface area contributed by atoms with Crippen LogP contribution in [0.25, 0.3) is 0 Å². The average molecular weight is 508 g/mol. The Bertz CT molecular complexity index is 601. The van der Waals surface area contributed by atoms with Gasteiger partial charge in [0.2, 0.25) is 0 Å². The molecular formula is C14H14F14N2O2. The van der Waals surface area contributed by atoms with Gasteiger partial charge in [0, 0.05) is 13.1 Å². The minimum absolute atomic E-state index is 0.119. The van der Waals surface area contributed by atoms with E-state index in [1.165, 1.54) is 0 Å². The number of alkyl halides is 14. The summed E-state index contributed by atoms with van der Waals surface area (Å²) in [5.41, 5.74) is 0. The van der Waals surface area contributed by atoms with Crippen molar-refractivity contribution in [3.05, 3.63) is 0 Å². The van der Waals surface area contributed by atoms with Crippen molar-refractivity contribution in [3.8, 4) is 0 Å². The summed E-state index contributed by atoms with van der Waals surface area (Å²) < 4.78 is 174. The van der Waals surface area contributed by atoms with Gasteiger partial charge in [-0.25, -0.2) is 0 Å². The van der Waals surface area contributed by atoms with Crippen LogP contribution >= 0.6 is 0 Å². The van der Waals surface area contributed by atoms with E-state index in [4.69, 9.17) is 0 Å². The Morgan fingerprint density at radius 1 is 0.469 bits per heavy atom. The van der Waals surface area contributed by atoms with Crippen LogP contribution in [-0.4, -0.2) is 60.9 Å². The van der Waals surface area contributed by atoms with E-state index >= 15 is 0 Å². The fourth-order valence-electron chi connectivity index (χ4n) is 1.87. The fraction of sp³-hybridized carbons (Fsp3) is 0.857. The molecule has 0 radical (unpaired) electrons. The zero-order chi connectivity index (χ0) is 25.8. The molecule has 32 heavy (non-hydrogen) atoms. The van der Waals surface area contributed by atoms with Crippen LogP contribution in [0.3, 0.4) is 0 Å². The van der Waals surface area contributed by atoms with Crippen molar-refractivity contribution in [3.63, 3.8) is 0 Å². The monoisotopic (exact) mass is 508 g/mol. The quantitative estimate of drug-likeness (QED) is 0.320. The molecule has 4 nitrogen and oxygen atoms in total. The van der Waals surface area contributed by atoms with Crippen molar-refractivity contribution >= 4 is 11.8 Å². The summed E-state index contributed by atoms with van der Waals surface area (Å²) in [6.45, 7) is -1.63. The van der Waals surface area contributed by atoms with Crippen LogP contribution in [0.15, 0.2) is 0 Å². The molecule has 18 heteroatoms. The lowest BCUT2D eigenvalue weighted by Gasteiger charge is -2.27. The first-order valence-electron chi connectivity index (χ1n) is 8.26. The molecule has 190 valence electrons. The molecular weight excluding hydrogens is 494 g/mol. The number of carbonyl (C=O) groups excluding carboxylic acids is 2. The highest BCUT2D eigenvalue weighted by Gasteiger charge is 2.77. The predicted molar refractivity (Wildman–Crippen MR) is 76.4 cm³/mol. The SMILES string of the molecule is O=C(NCCCCCCNC(=O)C(F)(F)C(F)(F)C(F)(F)F)C(F)(F)C(F)(F)C(F)(F)F. The van der Waals surface area contributed by atoms with E-state index in [1.54, 1.807) is 0 Å². The third kappa shape index (κ3) is 6.26. The van der Waals surface area contributed by atoms with Gasteiger partial charge in [0.15, 0.2) is 0 Å². The van der Waals surface area contributed by atoms with Crippen LogP contribution < -0.4 is 10.6 Å². The van der Waals surface area contributed by atoms with Gasteiger partial charge in [-0.2, -0.15) is 61.5 Å². The molecule has 2 amide bonds. The highest BCUT2D eigenvalue weighted by Crippen LogP contribution is 2.47. The average Bonchev–Trinajstić information content (AvgIpc) is 2.60. The van der Waals surface area contributed by atoms with Crippen LogP contribution in [0.5, 0.6) is 0 Å². The van der Waals surface area contributed by atoms with Gasteiger partial charge in [0.25, 0.3) is 11.8 Å². The van der Waals surface area contributed by atoms with Gasteiger partial charge in [-0.15, -0.1) is 0 Å². The number of carbonyl (C=O) groups is 2. The summed E-state index contributed by atoms with van der Waals surface area (Å²) in [6, 6.07) is 0. The second-order valence-electron chi connectivity index (χ2n) is 6.22. The third-order valence-corrected chi connectivity index (χ3v) is 3.75. The maximum Gasteiger partial charge on any atom is 0.460 e. The summed E-state index contributed by atoms with van der Waals surface area (Å²) in [4.78, 5) is 21.8. The number of hydrogen-bond acceptors (Lipinski definition) is 2. The molecule has 0 unspecified atom stereocenters. The zero-order valence-electron chi connectivity index (χ0n) is 15.4. The Balaban J connectivity index is 4.36. The van der Waals surface area contributed by atoms with Gasteiger partial charge in [0.1, 0.15) is 0 Å². The number of rotatable bonds is 11. The second kappa shape index (κ2) is 9.84. The number of amides is 2. The Morgan fingerprint density at radius 2 is 0.719 bits per heavy atom. The molecule has 0 aliphatic carbocycles. The Hall–Kier alpha value is -2.04. The van der Waals surface area contributed by atoms with Gasteiger partial charge < -0.3 is 10.6 Å². The largest absolute Gasteiger partial charge is 0.460 e. The topological polar surface area (TPSA) is 58.2 Å². The molecule has 0 aromatic rings. The first-order valence-corrected chi connectivity index (χ1v) is 8.26. The molecule has 0 heterocycles. The lowest BCUT2D eigenvalue weighted by molar-refractivity contribution is -0.344. The maximum absolute atomic E-state index is 13.0. The molecule has 0 fully saturated rings. The first kappa shape index (κ1) is 30.0. The second-order valence-corrected chi connectivity index (χ2v) is 6.22. The molecule has 0 spiro atoms. The van der Waals surface area contributed by atoms with E-state index in [2.05, 4.69) is 0 Å². The predicted octanol–water partition coefficient (Wildman–Crippen LogP) is 4.45. The van der Waals surface area contributed by atoms with E-state index in [9.17, 15) is 71.1 Å². The van der Waals surface area contributed by atoms with Crippen LogP contribution in [0.4, 0.5) is 61.5 Å². The summed E-state index contributed by atoms with van der Waals surface area (Å²) in [5.74, 6) is -31.3. The highest BCUT2D eigenvalue weighted by molar-refractivity contribution is 5.85. The molecule has 0 saturated carbocycles. The fourth-order valence-corrected chi connectivity index (χ4v) is 1.87. The summed E-state index contributed by atoms with van der Waals surface area (Å²) in [7, 11) is 0. The molecule has 0 aromatic heterocycles. The number of nitrogens with one attached hydrogen (secondary N) is 2. The summed E-state index contributed by atoms with van der Waals surface area (Å²) >= 11 is 0. The Kier molecular flexibility index (Phi) is 9.22. The van der Waals surface area contributed by atoms with Gasteiger partial charge in [-0.3, -0.25) is 9.59 Å². The lowest BCUT2D eigenvalue weighted by Crippen LogP contribution is -2.59.